The van der Waals surface area contributed by atoms with E-state index in [0.29, 0.717) is 22.7 Å². The third kappa shape index (κ3) is 6.54. The van der Waals surface area contributed by atoms with Gasteiger partial charge in [0, 0.05) is 76.7 Å². The number of hydrogen-bond acceptors (Lipinski definition) is 2. The van der Waals surface area contributed by atoms with Crippen LogP contribution in [0.5, 0.6) is 0 Å². The van der Waals surface area contributed by atoms with E-state index in [1.54, 1.807) is 0 Å². The molecule has 0 atom stereocenters. The van der Waals surface area contributed by atoms with E-state index < -0.39 is 47.1 Å². The third-order valence-electron chi connectivity index (χ3n) is 19.2. The molecule has 4 nitrogen and oxygen atoms in total. The molecule has 0 bridgehead atoms. The lowest BCUT2D eigenvalue weighted by molar-refractivity contribution is 0.591. The average molecular weight is 1090 g/mol. The summed E-state index contributed by atoms with van der Waals surface area (Å²) >= 11 is 0. The first-order valence-electron chi connectivity index (χ1n) is 34.3. The Morgan fingerprint density at radius 1 is 0.345 bits per heavy atom. The summed E-state index contributed by atoms with van der Waals surface area (Å²) < 4.78 is 97.5. The molecule has 2 aliphatic rings. The Balaban J connectivity index is 0.974. The van der Waals surface area contributed by atoms with Crippen LogP contribution in [0, 0.1) is 0 Å². The molecule has 406 valence electrons. The smallest absolute Gasteiger partial charge is 0.0645 e. The minimum Gasteiger partial charge on any atom is -0.310 e. The van der Waals surface area contributed by atoms with Crippen LogP contribution in [0.1, 0.15) is 116 Å². The number of nitrogens with zero attached hydrogens (tertiary/aromatic N) is 4. The summed E-state index contributed by atoms with van der Waals surface area (Å²) in [5.74, 6) is 0. The average Bonchev–Trinajstić information content (AvgIpc) is 1.51. The van der Waals surface area contributed by atoms with Crippen LogP contribution in [0.3, 0.4) is 0 Å². The van der Waals surface area contributed by atoms with E-state index in [-0.39, 0.29) is 46.4 Å². The van der Waals surface area contributed by atoms with Crippen LogP contribution in [-0.2, 0) is 21.7 Å². The molecule has 15 aromatic rings. The molecule has 11 aromatic carbocycles. The predicted octanol–water partition coefficient (Wildman–Crippen LogP) is 22.1. The molecule has 0 radical (unpaired) electrons. The van der Waals surface area contributed by atoms with Crippen molar-refractivity contribution in [3.8, 4) is 22.3 Å². The Hall–Kier alpha value is -9.38. The highest BCUT2D eigenvalue weighted by atomic mass is 15.2. The van der Waals surface area contributed by atoms with Crippen molar-refractivity contribution in [2.45, 2.75) is 90.9 Å². The number of fused-ring (bicyclic) bond motifs is 18. The van der Waals surface area contributed by atoms with Crippen LogP contribution < -0.4 is 9.80 Å². The van der Waals surface area contributed by atoms with E-state index in [0.717, 1.165) is 121 Å². The monoisotopic (exact) mass is 1090 g/mol. The second-order valence-electron chi connectivity index (χ2n) is 26.7. The zero-order valence-corrected chi connectivity index (χ0v) is 48.8. The molecular weight excluding hydrogens is 1020 g/mol. The lowest BCUT2D eigenvalue weighted by Gasteiger charge is -2.29. The van der Waals surface area contributed by atoms with E-state index in [9.17, 15) is 5.48 Å². The van der Waals surface area contributed by atoms with Crippen molar-refractivity contribution in [1.82, 2.24) is 8.80 Å². The van der Waals surface area contributed by atoms with Crippen LogP contribution >= 0.6 is 0 Å². The highest BCUT2D eigenvalue weighted by Crippen LogP contribution is 2.56. The molecule has 4 aromatic heterocycles. The van der Waals surface area contributed by atoms with Gasteiger partial charge in [-0.05, 0) is 163 Å². The van der Waals surface area contributed by atoms with E-state index >= 15 is 0 Å². The quantitative estimate of drug-likeness (QED) is 0.165. The summed E-state index contributed by atoms with van der Waals surface area (Å²) in [6.07, 6.45) is 0. The first-order valence-corrected chi connectivity index (χ1v) is 29.3. The van der Waals surface area contributed by atoms with Crippen molar-refractivity contribution in [3.05, 3.63) is 252 Å². The van der Waals surface area contributed by atoms with Crippen LogP contribution in [0.2, 0.25) is 0 Å². The van der Waals surface area contributed by atoms with Crippen molar-refractivity contribution in [3.63, 3.8) is 0 Å². The summed E-state index contributed by atoms with van der Waals surface area (Å²) in [7, 11) is 0. The molecule has 17 rings (SSSR count). The Bertz CT molecular complexity index is 5500. The van der Waals surface area contributed by atoms with Crippen molar-refractivity contribution < 1.29 is 13.7 Å². The molecule has 0 N–H and O–H groups in total. The highest BCUT2D eigenvalue weighted by molar-refractivity contribution is 6.32. The molecule has 0 saturated heterocycles. The lowest BCUT2D eigenvalue weighted by atomic mass is 9.82. The molecule has 0 amide bonds. The van der Waals surface area contributed by atoms with E-state index in [4.69, 9.17) is 8.22 Å². The van der Waals surface area contributed by atoms with Crippen molar-refractivity contribution in [2.24, 2.45) is 0 Å². The standard InChI is InChI=1S/C80H66N4/c1-77(2,3)47-29-37-67-61(41-47)73-69(81(49-21-13-11-14-22-49)51-31-33-55-53-25-17-19-27-63(53)79(7,8)65(55)43-51)39-35-57-59-46-72-60(45-71(59)83(67)75(57)73)58-36-40-70(74-62-42-48(78(4,5)6)30-38-68(62)84(72)76(58)74)82(50-23-15-12-16-24-50)52-32-34-56-54-26-18-20-28-64(54)80(9,10)66(56)44-52/h11-46H,1-10H3/i11D,12D,13D,14D,15D,16D,21D,22D,23D,24D. The first kappa shape index (κ1) is 39.9. The summed E-state index contributed by atoms with van der Waals surface area (Å²) in [5, 5.41) is 7.62. The molecule has 2 aliphatic carbocycles. The minimum absolute atomic E-state index is 0.0572. The van der Waals surface area contributed by atoms with Gasteiger partial charge in [-0.25, -0.2) is 0 Å². The number of para-hydroxylation sites is 2. The number of rotatable bonds is 6. The van der Waals surface area contributed by atoms with E-state index in [1.165, 1.54) is 11.1 Å². The topological polar surface area (TPSA) is 15.3 Å². The summed E-state index contributed by atoms with van der Waals surface area (Å²) in [6.45, 7) is 22.1. The first-order chi connectivity index (χ1) is 44.6. The molecule has 0 fully saturated rings. The van der Waals surface area contributed by atoms with Gasteiger partial charge < -0.3 is 18.6 Å². The molecule has 0 saturated carbocycles. The molecular formula is C80H66N4. The Morgan fingerprint density at radius 3 is 1.14 bits per heavy atom. The summed E-state index contributed by atoms with van der Waals surface area (Å²) in [4.78, 5) is 3.82. The van der Waals surface area contributed by atoms with Gasteiger partial charge in [-0.2, -0.15) is 0 Å². The second kappa shape index (κ2) is 16.7. The predicted molar refractivity (Wildman–Crippen MR) is 358 cm³/mol. The number of aromatic nitrogens is 2. The second-order valence-corrected chi connectivity index (χ2v) is 26.7. The van der Waals surface area contributed by atoms with Crippen molar-refractivity contribution >= 4 is 110 Å². The molecule has 4 heteroatoms. The van der Waals surface area contributed by atoms with Gasteiger partial charge in [0.1, 0.15) is 0 Å². The fraction of sp³-hybridized carbons (Fsp3) is 0.175. The Morgan fingerprint density at radius 2 is 0.738 bits per heavy atom. The largest absolute Gasteiger partial charge is 0.310 e. The number of benzene rings is 11. The van der Waals surface area contributed by atoms with Crippen molar-refractivity contribution in [2.75, 3.05) is 9.80 Å². The molecule has 4 heterocycles. The highest BCUT2D eigenvalue weighted by Gasteiger charge is 2.38. The molecule has 84 heavy (non-hydrogen) atoms. The number of anilines is 6. The Kier molecular flexibility index (Phi) is 7.93. The lowest BCUT2D eigenvalue weighted by Crippen LogP contribution is -2.16. The van der Waals surface area contributed by atoms with Crippen LogP contribution in [0.25, 0.3) is 98.4 Å². The van der Waals surface area contributed by atoms with Gasteiger partial charge in [0.2, 0.25) is 0 Å². The van der Waals surface area contributed by atoms with Gasteiger partial charge in [0.15, 0.2) is 0 Å². The SMILES string of the molecule is [2H]c1c([2H])c([2H])c(N(c2ccc3c(c2)C(C)(C)c2ccccc2-3)c2ccc3c4cc5c(cc4n4c6ccc(C(C)(C)C)cc6c2c34)c2ccc(N(c3ccc4c(c3)C(C)(C)c3ccccc3-4)c3c([2H])c([2H])c([2H])c([2H])c3[2H])c3c4cc(C(C)(C)C)ccc4n5c23)c([2H])c1[2H]. The van der Waals surface area contributed by atoms with Gasteiger partial charge in [0.05, 0.1) is 58.2 Å². The van der Waals surface area contributed by atoms with Gasteiger partial charge in [-0.1, -0.05) is 190 Å². The van der Waals surface area contributed by atoms with E-state index in [2.05, 4.69) is 224 Å². The van der Waals surface area contributed by atoms with E-state index in [1.807, 2.05) is 21.9 Å². The number of hydrogen-bond donors (Lipinski definition) is 0. The summed E-state index contributed by atoms with van der Waals surface area (Å²) in [5.41, 5.74) is 18.5. The van der Waals surface area contributed by atoms with Gasteiger partial charge in [-0.15, -0.1) is 0 Å². The molecule has 0 unspecified atom stereocenters. The van der Waals surface area contributed by atoms with Gasteiger partial charge >= 0.3 is 0 Å². The molecule has 0 aliphatic heterocycles. The van der Waals surface area contributed by atoms with Crippen molar-refractivity contribution in [1.29, 1.82) is 0 Å². The maximum Gasteiger partial charge on any atom is 0.0645 e. The zero-order chi connectivity index (χ0) is 65.8. The minimum atomic E-state index is -0.459. The summed E-state index contributed by atoms with van der Waals surface area (Å²) in [6, 6.07) is 52.1. The van der Waals surface area contributed by atoms with Gasteiger partial charge in [0.25, 0.3) is 0 Å². The normalized spacial score (nSPS) is 16.2. The van der Waals surface area contributed by atoms with Crippen LogP contribution in [0.4, 0.5) is 34.1 Å². The molecule has 0 spiro atoms. The Labute approximate surface area is 505 Å². The van der Waals surface area contributed by atoms with Gasteiger partial charge in [-0.3, -0.25) is 0 Å². The maximum atomic E-state index is 9.69. The van der Waals surface area contributed by atoms with Crippen LogP contribution in [-0.4, -0.2) is 8.80 Å². The third-order valence-corrected chi connectivity index (χ3v) is 19.2. The fourth-order valence-electron chi connectivity index (χ4n) is 15.0. The zero-order valence-electron chi connectivity index (χ0n) is 58.8. The fourth-order valence-corrected chi connectivity index (χ4v) is 15.0. The maximum absolute atomic E-state index is 9.69. The van der Waals surface area contributed by atoms with Crippen LogP contribution in [0.15, 0.2) is 218 Å².